The number of hydrogen-bond acceptors (Lipinski definition) is 3. The number of aryl methyl sites for hydroxylation is 1. The molecule has 1 saturated heterocycles. The lowest BCUT2D eigenvalue weighted by Gasteiger charge is -2.30. The third kappa shape index (κ3) is 3.92. The van der Waals surface area contributed by atoms with Crippen LogP contribution in [-0.2, 0) is 0 Å². The molecule has 2 rings (SSSR count). The summed E-state index contributed by atoms with van der Waals surface area (Å²) in [5.41, 5.74) is 2.43. The molecular formula is C16H22F3N3O2. The van der Waals surface area contributed by atoms with Gasteiger partial charge < -0.3 is 20.2 Å². The monoisotopic (exact) mass is 345 g/mol. The van der Waals surface area contributed by atoms with E-state index in [-0.39, 0.29) is 13.0 Å². The third-order valence-electron chi connectivity index (χ3n) is 4.19. The van der Waals surface area contributed by atoms with Crippen LogP contribution in [0.25, 0.3) is 0 Å². The number of halogens is 3. The highest BCUT2D eigenvalue weighted by Crippen LogP contribution is 2.31. The van der Waals surface area contributed by atoms with Crippen LogP contribution in [0, 0.1) is 6.92 Å². The highest BCUT2D eigenvalue weighted by molar-refractivity contribution is 5.90. The van der Waals surface area contributed by atoms with E-state index < -0.39 is 24.4 Å². The van der Waals surface area contributed by atoms with Crippen LogP contribution < -0.4 is 10.2 Å². The maximum Gasteiger partial charge on any atom is 0.416 e. The molecule has 1 aliphatic heterocycles. The number of nitrogens with zero attached hydrogens (tertiary/aromatic N) is 2. The summed E-state index contributed by atoms with van der Waals surface area (Å²) in [6.45, 7) is 2.08. The number of benzene rings is 1. The quantitative estimate of drug-likeness (QED) is 0.886. The zero-order chi connectivity index (χ0) is 18.1. The van der Waals surface area contributed by atoms with Crippen molar-refractivity contribution in [1.82, 2.24) is 4.90 Å². The molecular weight excluding hydrogens is 323 g/mol. The minimum atomic E-state index is -4.74. The highest BCUT2D eigenvalue weighted by Gasteiger charge is 2.48. The average Bonchev–Trinajstić information content (AvgIpc) is 2.94. The van der Waals surface area contributed by atoms with Crippen LogP contribution in [0.3, 0.4) is 0 Å². The number of nitrogens with one attached hydrogen (secondary N) is 1. The van der Waals surface area contributed by atoms with Gasteiger partial charge in [-0.3, -0.25) is 0 Å². The molecule has 1 heterocycles. The fourth-order valence-corrected chi connectivity index (χ4v) is 3.02. The van der Waals surface area contributed by atoms with Crippen LogP contribution in [0.5, 0.6) is 0 Å². The van der Waals surface area contributed by atoms with Crippen molar-refractivity contribution in [3.05, 3.63) is 23.8 Å². The van der Waals surface area contributed by atoms with E-state index in [1.54, 1.807) is 12.1 Å². The number of aliphatic hydroxyl groups excluding tert-OH is 1. The van der Waals surface area contributed by atoms with E-state index in [1.165, 1.54) is 0 Å². The van der Waals surface area contributed by atoms with Gasteiger partial charge in [-0.2, -0.15) is 13.2 Å². The van der Waals surface area contributed by atoms with Gasteiger partial charge >= 0.3 is 12.2 Å². The van der Waals surface area contributed by atoms with Gasteiger partial charge in [0.15, 0.2) is 6.10 Å². The van der Waals surface area contributed by atoms with Gasteiger partial charge in [0, 0.05) is 32.0 Å². The molecule has 134 valence electrons. The number of alkyl halides is 3. The fourth-order valence-electron chi connectivity index (χ4n) is 3.02. The maximum absolute atomic E-state index is 12.7. The van der Waals surface area contributed by atoms with Gasteiger partial charge in [-0.25, -0.2) is 4.79 Å². The summed E-state index contributed by atoms with van der Waals surface area (Å²) in [7, 11) is 3.79. The van der Waals surface area contributed by atoms with Crippen LogP contribution in [0.2, 0.25) is 0 Å². The average molecular weight is 345 g/mol. The van der Waals surface area contributed by atoms with E-state index in [0.29, 0.717) is 12.1 Å². The van der Waals surface area contributed by atoms with Gasteiger partial charge in [-0.1, -0.05) is 0 Å². The molecule has 0 unspecified atom stereocenters. The summed E-state index contributed by atoms with van der Waals surface area (Å²) in [5, 5.41) is 12.1. The van der Waals surface area contributed by atoms with E-state index in [9.17, 15) is 23.1 Å². The number of anilines is 2. The molecule has 0 spiro atoms. The highest BCUT2D eigenvalue weighted by atomic mass is 19.4. The van der Waals surface area contributed by atoms with Crippen molar-refractivity contribution in [1.29, 1.82) is 0 Å². The Morgan fingerprint density at radius 1 is 1.42 bits per heavy atom. The molecule has 0 saturated carbocycles. The van der Waals surface area contributed by atoms with Gasteiger partial charge in [-0.05, 0) is 43.5 Å². The topological polar surface area (TPSA) is 55.8 Å². The molecule has 0 bridgehead atoms. The minimum Gasteiger partial charge on any atom is -0.382 e. The zero-order valence-corrected chi connectivity index (χ0v) is 13.9. The first-order chi connectivity index (χ1) is 11.1. The Kier molecular flexibility index (Phi) is 5.27. The predicted molar refractivity (Wildman–Crippen MR) is 86.3 cm³/mol. The van der Waals surface area contributed by atoms with Crippen LogP contribution in [0.15, 0.2) is 18.2 Å². The standard InChI is InChI=1S/C16H22F3N3O2/c1-10-9-11(6-7-12(10)21(2)3)20-15(24)22-8-4-5-13(22)14(23)16(17,18)19/h6-7,9,13-14,23H,4-5,8H2,1-3H3,(H,20,24)/t13-,14-/m0/s1. The largest absolute Gasteiger partial charge is 0.416 e. The molecule has 0 radical (unpaired) electrons. The molecule has 0 aromatic heterocycles. The van der Waals surface area contributed by atoms with Crippen molar-refractivity contribution in [3.8, 4) is 0 Å². The molecule has 2 amide bonds. The van der Waals surface area contributed by atoms with Gasteiger partial charge in [0.2, 0.25) is 0 Å². The number of carbonyl (C=O) groups excluding carboxylic acids is 1. The van der Waals surface area contributed by atoms with Gasteiger partial charge in [0.25, 0.3) is 0 Å². The fraction of sp³-hybridized carbons (Fsp3) is 0.562. The molecule has 1 aromatic rings. The second-order valence-corrected chi connectivity index (χ2v) is 6.22. The van der Waals surface area contributed by atoms with Crippen molar-refractivity contribution in [3.63, 3.8) is 0 Å². The summed E-state index contributed by atoms with van der Waals surface area (Å²) in [6, 6.07) is 3.42. The van der Waals surface area contributed by atoms with Crippen molar-refractivity contribution < 1.29 is 23.1 Å². The Morgan fingerprint density at radius 3 is 2.62 bits per heavy atom. The molecule has 8 heteroatoms. The first-order valence-electron chi connectivity index (χ1n) is 7.71. The summed E-state index contributed by atoms with van der Waals surface area (Å²) in [6.07, 6.45) is -6.70. The van der Waals surface area contributed by atoms with E-state index in [2.05, 4.69) is 5.32 Å². The molecule has 1 aliphatic rings. The van der Waals surface area contributed by atoms with Crippen LogP contribution in [0.1, 0.15) is 18.4 Å². The Labute approximate surface area is 139 Å². The lowest BCUT2D eigenvalue weighted by Crippen LogP contribution is -2.50. The van der Waals surface area contributed by atoms with Crippen LogP contribution in [-0.4, -0.2) is 55.0 Å². The van der Waals surface area contributed by atoms with Gasteiger partial charge in [0.1, 0.15) is 0 Å². The van der Waals surface area contributed by atoms with E-state index in [0.717, 1.165) is 16.2 Å². The predicted octanol–water partition coefficient (Wildman–Crippen LogP) is 2.98. The SMILES string of the molecule is Cc1cc(NC(=O)N2CCC[C@H]2[C@H](O)C(F)(F)F)ccc1N(C)C. The molecule has 5 nitrogen and oxygen atoms in total. The number of aliphatic hydroxyl groups is 1. The molecule has 24 heavy (non-hydrogen) atoms. The Hall–Kier alpha value is -1.96. The number of likely N-dealkylation sites (tertiary alicyclic amines) is 1. The van der Waals surface area contributed by atoms with E-state index >= 15 is 0 Å². The number of hydrogen-bond donors (Lipinski definition) is 2. The van der Waals surface area contributed by atoms with Crippen molar-refractivity contribution in [2.45, 2.75) is 38.1 Å². The van der Waals surface area contributed by atoms with E-state index in [1.807, 2.05) is 32.0 Å². The second kappa shape index (κ2) is 6.88. The Morgan fingerprint density at radius 2 is 2.08 bits per heavy atom. The summed E-state index contributed by atoms with van der Waals surface area (Å²) in [5.74, 6) is 0. The molecule has 1 aromatic carbocycles. The van der Waals surface area contributed by atoms with Crippen molar-refractivity contribution in [2.24, 2.45) is 0 Å². The van der Waals surface area contributed by atoms with Crippen LogP contribution >= 0.6 is 0 Å². The Balaban J connectivity index is 2.10. The summed E-state index contributed by atoms with van der Waals surface area (Å²) in [4.78, 5) is 15.3. The number of carbonyl (C=O) groups is 1. The third-order valence-corrected chi connectivity index (χ3v) is 4.19. The molecule has 2 atom stereocenters. The lowest BCUT2D eigenvalue weighted by molar-refractivity contribution is -0.216. The summed E-state index contributed by atoms with van der Waals surface area (Å²) >= 11 is 0. The maximum atomic E-state index is 12.7. The van der Waals surface area contributed by atoms with Gasteiger partial charge in [-0.15, -0.1) is 0 Å². The van der Waals surface area contributed by atoms with Crippen molar-refractivity contribution >= 4 is 17.4 Å². The number of amides is 2. The summed E-state index contributed by atoms with van der Waals surface area (Å²) < 4.78 is 38.2. The second-order valence-electron chi connectivity index (χ2n) is 6.22. The first kappa shape index (κ1) is 18.4. The van der Waals surface area contributed by atoms with Gasteiger partial charge in [0.05, 0.1) is 6.04 Å². The van der Waals surface area contributed by atoms with Crippen LogP contribution in [0.4, 0.5) is 29.3 Å². The number of rotatable bonds is 3. The molecule has 2 N–H and O–H groups in total. The Bertz CT molecular complexity index is 605. The molecule has 0 aliphatic carbocycles. The lowest BCUT2D eigenvalue weighted by atomic mass is 10.1. The van der Waals surface area contributed by atoms with Crippen molar-refractivity contribution in [2.75, 3.05) is 30.9 Å². The minimum absolute atomic E-state index is 0.132. The normalized spacial score (nSPS) is 19.3. The van der Waals surface area contributed by atoms with E-state index in [4.69, 9.17) is 0 Å². The first-order valence-corrected chi connectivity index (χ1v) is 7.71. The molecule has 1 fully saturated rings. The number of urea groups is 1. The smallest absolute Gasteiger partial charge is 0.382 e. The zero-order valence-electron chi connectivity index (χ0n) is 13.9.